The van der Waals surface area contributed by atoms with Crippen LogP contribution in [0, 0.1) is 13.8 Å². The van der Waals surface area contributed by atoms with Crippen LogP contribution in [0.15, 0.2) is 30.3 Å². The average Bonchev–Trinajstić information content (AvgIpc) is 3.04. The van der Waals surface area contributed by atoms with E-state index in [2.05, 4.69) is 10.3 Å². The third-order valence-corrected chi connectivity index (χ3v) is 5.90. The lowest BCUT2D eigenvalue weighted by atomic mass is 10.1. The first kappa shape index (κ1) is 22.5. The number of likely N-dealkylation sites (N-methyl/N-ethyl adjacent to an activating group) is 1. The summed E-state index contributed by atoms with van der Waals surface area (Å²) in [6.45, 7) is 3.00. The number of benzene rings is 1. The number of esters is 1. The molecule has 0 radical (unpaired) electrons. The minimum atomic E-state index is -0.708. The van der Waals surface area contributed by atoms with E-state index in [1.165, 1.54) is 7.05 Å². The van der Waals surface area contributed by atoms with Gasteiger partial charge in [0.15, 0.2) is 6.61 Å². The lowest BCUT2D eigenvalue weighted by molar-refractivity contribution is -0.136. The fourth-order valence-electron chi connectivity index (χ4n) is 2.98. The number of nitrogens with two attached hydrogens (primary N) is 1. The highest BCUT2D eigenvalue weighted by atomic mass is 35.5. The number of hydrogen-bond donors (Lipinski definition) is 2. The number of carbonyl (C=O) groups excluding carboxylic acids is 3. The summed E-state index contributed by atoms with van der Waals surface area (Å²) < 4.78 is 5.13. The first-order valence-electron chi connectivity index (χ1n) is 9.29. The van der Waals surface area contributed by atoms with Gasteiger partial charge in [0.05, 0.1) is 22.9 Å². The molecule has 0 saturated heterocycles. The summed E-state index contributed by atoms with van der Waals surface area (Å²) in [5.74, 6) is -1.67. The Labute approximate surface area is 188 Å². The van der Waals surface area contributed by atoms with Crippen LogP contribution in [0.1, 0.15) is 20.9 Å². The Kier molecular flexibility index (Phi) is 6.77. The standard InChI is InChI=1S/C21H21ClN4O4S/c1-11-8-12(2)24-20-17(11)18(23)19(31-20)21(29)30-10-16(28)26(3)9-15(27)25-14-7-5-4-6-13(14)22/h4-8H,9-10,23H2,1-3H3,(H,25,27). The molecule has 2 amide bonds. The molecule has 0 saturated carbocycles. The molecule has 0 atom stereocenters. The normalized spacial score (nSPS) is 10.7. The van der Waals surface area contributed by atoms with Crippen LogP contribution in [-0.4, -0.2) is 47.9 Å². The van der Waals surface area contributed by atoms with Crippen molar-refractivity contribution in [3.8, 4) is 0 Å². The number of hydrogen-bond acceptors (Lipinski definition) is 7. The second-order valence-electron chi connectivity index (χ2n) is 6.96. The maximum Gasteiger partial charge on any atom is 0.351 e. The Morgan fingerprint density at radius 2 is 1.97 bits per heavy atom. The summed E-state index contributed by atoms with van der Waals surface area (Å²) in [5, 5.41) is 3.72. The first-order chi connectivity index (χ1) is 14.7. The lowest BCUT2D eigenvalue weighted by Gasteiger charge is -2.17. The van der Waals surface area contributed by atoms with Crippen LogP contribution in [0.5, 0.6) is 0 Å². The number of nitrogens with one attached hydrogen (secondary N) is 1. The van der Waals surface area contributed by atoms with Gasteiger partial charge in [-0.15, -0.1) is 11.3 Å². The fraction of sp³-hybridized carbons (Fsp3) is 0.238. The summed E-state index contributed by atoms with van der Waals surface area (Å²) in [7, 11) is 1.44. The quantitative estimate of drug-likeness (QED) is 0.545. The van der Waals surface area contributed by atoms with Crippen molar-refractivity contribution in [1.82, 2.24) is 9.88 Å². The van der Waals surface area contributed by atoms with Crippen molar-refractivity contribution < 1.29 is 19.1 Å². The number of carbonyl (C=O) groups is 3. The number of ether oxygens (including phenoxy) is 1. The van der Waals surface area contributed by atoms with E-state index in [-0.39, 0.29) is 17.1 Å². The minimum Gasteiger partial charge on any atom is -0.451 e. The Balaban J connectivity index is 1.59. The molecule has 2 aromatic heterocycles. The van der Waals surface area contributed by atoms with Gasteiger partial charge in [-0.25, -0.2) is 9.78 Å². The van der Waals surface area contributed by atoms with Gasteiger partial charge in [-0.05, 0) is 37.6 Å². The zero-order valence-electron chi connectivity index (χ0n) is 17.2. The number of anilines is 2. The molecule has 0 spiro atoms. The highest BCUT2D eigenvalue weighted by Gasteiger charge is 2.22. The van der Waals surface area contributed by atoms with Crippen molar-refractivity contribution in [3.05, 3.63) is 51.5 Å². The van der Waals surface area contributed by atoms with Gasteiger partial charge in [-0.3, -0.25) is 9.59 Å². The minimum absolute atomic E-state index is 0.197. The molecule has 162 valence electrons. The monoisotopic (exact) mass is 460 g/mol. The molecular weight excluding hydrogens is 440 g/mol. The first-order valence-corrected chi connectivity index (χ1v) is 10.5. The van der Waals surface area contributed by atoms with Gasteiger partial charge < -0.3 is 20.7 Å². The summed E-state index contributed by atoms with van der Waals surface area (Å²) in [6, 6.07) is 8.64. The second-order valence-corrected chi connectivity index (χ2v) is 8.37. The van der Waals surface area contributed by atoms with Gasteiger partial charge >= 0.3 is 5.97 Å². The number of pyridine rings is 1. The van der Waals surface area contributed by atoms with E-state index in [1.54, 1.807) is 24.3 Å². The molecule has 0 bridgehead atoms. The van der Waals surface area contributed by atoms with E-state index in [9.17, 15) is 14.4 Å². The summed E-state index contributed by atoms with van der Waals surface area (Å²) in [5.41, 5.74) is 8.58. The molecule has 2 heterocycles. The van der Waals surface area contributed by atoms with Crippen molar-refractivity contribution in [1.29, 1.82) is 0 Å². The van der Waals surface area contributed by atoms with E-state index in [1.807, 2.05) is 19.9 Å². The van der Waals surface area contributed by atoms with Crippen molar-refractivity contribution in [2.75, 3.05) is 31.2 Å². The van der Waals surface area contributed by atoms with Gasteiger partial charge in [0, 0.05) is 18.1 Å². The number of aromatic nitrogens is 1. The number of rotatable bonds is 6. The Morgan fingerprint density at radius 3 is 2.68 bits per heavy atom. The summed E-state index contributed by atoms with van der Waals surface area (Å²) in [6.07, 6.45) is 0. The van der Waals surface area contributed by atoms with E-state index in [0.717, 1.165) is 27.5 Å². The van der Waals surface area contributed by atoms with Crippen LogP contribution in [0.3, 0.4) is 0 Å². The molecule has 31 heavy (non-hydrogen) atoms. The van der Waals surface area contributed by atoms with Crippen LogP contribution in [-0.2, 0) is 14.3 Å². The smallest absolute Gasteiger partial charge is 0.351 e. The number of para-hydroxylation sites is 1. The van der Waals surface area contributed by atoms with E-state index in [0.29, 0.717) is 20.9 Å². The van der Waals surface area contributed by atoms with Crippen LogP contribution >= 0.6 is 22.9 Å². The van der Waals surface area contributed by atoms with Crippen LogP contribution in [0.4, 0.5) is 11.4 Å². The molecule has 0 aliphatic heterocycles. The number of amides is 2. The third kappa shape index (κ3) is 5.12. The Morgan fingerprint density at radius 1 is 1.26 bits per heavy atom. The van der Waals surface area contributed by atoms with Crippen LogP contribution < -0.4 is 11.1 Å². The molecule has 0 fully saturated rings. The lowest BCUT2D eigenvalue weighted by Crippen LogP contribution is -2.37. The maximum atomic E-state index is 12.5. The van der Waals surface area contributed by atoms with E-state index >= 15 is 0 Å². The van der Waals surface area contributed by atoms with Crippen LogP contribution in [0.2, 0.25) is 5.02 Å². The molecule has 10 heteroatoms. The second kappa shape index (κ2) is 9.32. The largest absolute Gasteiger partial charge is 0.451 e. The van der Waals surface area contributed by atoms with Crippen molar-refractivity contribution in [2.45, 2.75) is 13.8 Å². The van der Waals surface area contributed by atoms with Gasteiger partial charge in [-0.1, -0.05) is 23.7 Å². The van der Waals surface area contributed by atoms with Crippen molar-refractivity contribution in [3.63, 3.8) is 0 Å². The number of aryl methyl sites for hydroxylation is 2. The van der Waals surface area contributed by atoms with Gasteiger partial charge in [0.1, 0.15) is 9.71 Å². The molecule has 0 unspecified atom stereocenters. The maximum absolute atomic E-state index is 12.5. The van der Waals surface area contributed by atoms with Crippen molar-refractivity contribution >= 4 is 62.3 Å². The number of halogens is 1. The molecule has 0 aliphatic rings. The number of fused-ring (bicyclic) bond motifs is 1. The van der Waals surface area contributed by atoms with Gasteiger partial charge in [0.2, 0.25) is 5.91 Å². The highest BCUT2D eigenvalue weighted by molar-refractivity contribution is 7.21. The number of nitrogen functional groups attached to an aromatic ring is 1. The SMILES string of the molecule is Cc1cc(C)c2c(N)c(C(=O)OCC(=O)N(C)CC(=O)Nc3ccccc3Cl)sc2n1. The Bertz CT molecular complexity index is 1180. The van der Waals surface area contributed by atoms with E-state index in [4.69, 9.17) is 22.1 Å². The molecule has 1 aromatic carbocycles. The average molecular weight is 461 g/mol. The number of thiophene rings is 1. The zero-order chi connectivity index (χ0) is 22.7. The highest BCUT2D eigenvalue weighted by Crippen LogP contribution is 2.35. The predicted octanol–water partition coefficient (Wildman–Crippen LogP) is 3.40. The predicted molar refractivity (Wildman–Crippen MR) is 122 cm³/mol. The molecule has 3 N–H and O–H groups in total. The molecule has 0 aliphatic carbocycles. The van der Waals surface area contributed by atoms with Crippen molar-refractivity contribution in [2.24, 2.45) is 0 Å². The topological polar surface area (TPSA) is 115 Å². The van der Waals surface area contributed by atoms with Crippen LogP contribution in [0.25, 0.3) is 10.2 Å². The molecule has 8 nitrogen and oxygen atoms in total. The van der Waals surface area contributed by atoms with Gasteiger partial charge in [-0.2, -0.15) is 0 Å². The third-order valence-electron chi connectivity index (χ3n) is 4.49. The Hall–Kier alpha value is -3.17. The summed E-state index contributed by atoms with van der Waals surface area (Å²) in [4.78, 5) is 43.3. The summed E-state index contributed by atoms with van der Waals surface area (Å²) >= 11 is 7.13. The molecular formula is C21H21ClN4O4S. The van der Waals surface area contributed by atoms with E-state index < -0.39 is 24.4 Å². The molecule has 3 aromatic rings. The fourth-order valence-corrected chi connectivity index (χ4v) is 4.27. The molecule has 3 rings (SSSR count). The zero-order valence-corrected chi connectivity index (χ0v) is 18.8. The van der Waals surface area contributed by atoms with Gasteiger partial charge in [0.25, 0.3) is 5.91 Å². The number of nitrogens with zero attached hydrogens (tertiary/aromatic N) is 2.